The van der Waals surface area contributed by atoms with Crippen LogP contribution >= 0.6 is 11.8 Å². The van der Waals surface area contributed by atoms with Crippen molar-refractivity contribution >= 4 is 29.3 Å². The number of hydrogen-bond acceptors (Lipinski definition) is 5. The molecule has 26 heavy (non-hydrogen) atoms. The Morgan fingerprint density at radius 1 is 1.15 bits per heavy atom. The molecule has 0 aliphatic heterocycles. The van der Waals surface area contributed by atoms with Crippen molar-refractivity contribution in [2.45, 2.75) is 17.9 Å². The number of hydrogen-bond donors (Lipinski definition) is 3. The summed E-state index contributed by atoms with van der Waals surface area (Å²) >= 11 is 1.63. The number of rotatable bonds is 8. The van der Waals surface area contributed by atoms with Crippen LogP contribution < -0.4 is 21.1 Å². The Morgan fingerprint density at radius 2 is 1.85 bits per heavy atom. The monoisotopic (exact) mass is 373 g/mol. The van der Waals surface area contributed by atoms with Crippen molar-refractivity contribution < 1.29 is 14.3 Å². The second kappa shape index (κ2) is 9.84. The summed E-state index contributed by atoms with van der Waals surface area (Å²) in [7, 11) is 0. The molecule has 2 amide bonds. The zero-order valence-corrected chi connectivity index (χ0v) is 15.6. The van der Waals surface area contributed by atoms with Gasteiger partial charge in [-0.1, -0.05) is 12.1 Å². The van der Waals surface area contributed by atoms with E-state index in [0.717, 1.165) is 4.90 Å². The van der Waals surface area contributed by atoms with Gasteiger partial charge in [0, 0.05) is 18.0 Å². The molecular weight excluding hydrogens is 350 g/mol. The molecule has 0 radical (unpaired) electrons. The van der Waals surface area contributed by atoms with Crippen LogP contribution in [0.15, 0.2) is 53.4 Å². The molecule has 2 rings (SSSR count). The molecule has 0 bridgehead atoms. The van der Waals surface area contributed by atoms with E-state index in [1.165, 1.54) is 0 Å². The Kier molecular flexibility index (Phi) is 7.50. The van der Waals surface area contributed by atoms with Gasteiger partial charge in [0.1, 0.15) is 5.75 Å². The minimum Gasteiger partial charge on any atom is -0.481 e. The van der Waals surface area contributed by atoms with Crippen LogP contribution in [-0.4, -0.2) is 37.3 Å². The fourth-order valence-corrected chi connectivity index (χ4v) is 2.63. The highest BCUT2D eigenvalue weighted by Crippen LogP contribution is 2.20. The van der Waals surface area contributed by atoms with Gasteiger partial charge in [0.2, 0.25) is 0 Å². The zero-order valence-electron chi connectivity index (χ0n) is 14.8. The molecule has 0 saturated heterocycles. The third-order valence-corrected chi connectivity index (χ3v) is 4.34. The van der Waals surface area contributed by atoms with Gasteiger partial charge in [0.25, 0.3) is 11.8 Å². The highest BCUT2D eigenvalue weighted by molar-refractivity contribution is 7.98. The van der Waals surface area contributed by atoms with E-state index in [1.54, 1.807) is 43.0 Å². The number of anilines is 1. The largest absolute Gasteiger partial charge is 0.481 e. The smallest absolute Gasteiger partial charge is 0.265 e. The molecule has 6 nitrogen and oxygen atoms in total. The molecule has 0 saturated carbocycles. The van der Waals surface area contributed by atoms with Gasteiger partial charge in [-0.3, -0.25) is 9.59 Å². The number of para-hydroxylation sites is 1. The number of thioether (sulfide) groups is 1. The summed E-state index contributed by atoms with van der Waals surface area (Å²) in [6, 6.07) is 14.3. The van der Waals surface area contributed by atoms with Crippen LogP contribution in [-0.2, 0) is 4.79 Å². The zero-order chi connectivity index (χ0) is 18.9. The molecule has 0 aliphatic rings. The van der Waals surface area contributed by atoms with Gasteiger partial charge in [-0.15, -0.1) is 11.8 Å². The molecule has 0 spiro atoms. The lowest BCUT2D eigenvalue weighted by Crippen LogP contribution is -2.32. The third kappa shape index (κ3) is 5.50. The van der Waals surface area contributed by atoms with Crippen LogP contribution in [0.1, 0.15) is 17.3 Å². The van der Waals surface area contributed by atoms with Crippen LogP contribution in [0.5, 0.6) is 5.75 Å². The van der Waals surface area contributed by atoms with Crippen molar-refractivity contribution in [3.63, 3.8) is 0 Å². The summed E-state index contributed by atoms with van der Waals surface area (Å²) in [5.41, 5.74) is 6.21. The molecule has 138 valence electrons. The number of carbonyl (C=O) groups is 2. The third-order valence-electron chi connectivity index (χ3n) is 3.60. The van der Waals surface area contributed by atoms with Crippen LogP contribution in [0.3, 0.4) is 0 Å². The number of nitrogens with one attached hydrogen (secondary N) is 2. The standard InChI is InChI=1S/C19H23N3O3S/c1-13(25-14-7-9-15(26-2)10-8-14)18(23)22-17-6-4-3-5-16(17)19(24)21-12-11-20/h3-10,13H,11-12,20H2,1-2H3,(H,21,24)(H,22,23). The van der Waals surface area contributed by atoms with Crippen molar-refractivity contribution in [1.82, 2.24) is 5.32 Å². The molecule has 0 fully saturated rings. The molecule has 4 N–H and O–H groups in total. The van der Waals surface area contributed by atoms with E-state index in [1.807, 2.05) is 30.5 Å². The number of carbonyl (C=O) groups excluding carboxylic acids is 2. The van der Waals surface area contributed by atoms with Crippen LogP contribution in [0, 0.1) is 0 Å². The van der Waals surface area contributed by atoms with Crippen LogP contribution in [0.4, 0.5) is 5.69 Å². The van der Waals surface area contributed by atoms with Crippen molar-refractivity contribution in [2.24, 2.45) is 5.73 Å². The van der Waals surface area contributed by atoms with Crippen molar-refractivity contribution in [1.29, 1.82) is 0 Å². The molecule has 0 heterocycles. The predicted octanol–water partition coefficient (Wildman–Crippen LogP) is 2.50. The lowest BCUT2D eigenvalue weighted by atomic mass is 10.1. The minimum absolute atomic E-state index is 0.285. The molecule has 2 aromatic rings. The summed E-state index contributed by atoms with van der Waals surface area (Å²) in [5.74, 6) is -0.00924. The van der Waals surface area contributed by atoms with Gasteiger partial charge in [-0.05, 0) is 49.6 Å². The fourth-order valence-electron chi connectivity index (χ4n) is 2.22. The lowest BCUT2D eigenvalue weighted by molar-refractivity contribution is -0.122. The van der Waals surface area contributed by atoms with Crippen LogP contribution in [0.25, 0.3) is 0 Å². The quantitative estimate of drug-likeness (QED) is 0.618. The summed E-state index contributed by atoms with van der Waals surface area (Å²) in [6.07, 6.45) is 1.28. The highest BCUT2D eigenvalue weighted by Gasteiger charge is 2.18. The summed E-state index contributed by atoms with van der Waals surface area (Å²) in [6.45, 7) is 2.38. The molecule has 1 unspecified atom stereocenters. The van der Waals surface area contributed by atoms with E-state index < -0.39 is 6.10 Å². The Hall–Kier alpha value is -2.51. The molecule has 0 aliphatic carbocycles. The topological polar surface area (TPSA) is 93.4 Å². The van der Waals surface area contributed by atoms with Crippen molar-refractivity contribution in [3.8, 4) is 5.75 Å². The molecule has 7 heteroatoms. The molecule has 0 aromatic heterocycles. The Morgan fingerprint density at radius 3 is 2.50 bits per heavy atom. The second-order valence-corrected chi connectivity index (χ2v) is 6.39. The first-order chi connectivity index (χ1) is 12.5. The van der Waals surface area contributed by atoms with Gasteiger partial charge in [0.15, 0.2) is 6.10 Å². The number of amides is 2. The van der Waals surface area contributed by atoms with E-state index in [0.29, 0.717) is 30.1 Å². The predicted molar refractivity (Wildman–Crippen MR) is 105 cm³/mol. The molecule has 1 atom stereocenters. The van der Waals surface area contributed by atoms with Crippen molar-refractivity contribution in [3.05, 3.63) is 54.1 Å². The van der Waals surface area contributed by atoms with E-state index in [9.17, 15) is 9.59 Å². The van der Waals surface area contributed by atoms with E-state index >= 15 is 0 Å². The second-order valence-electron chi connectivity index (χ2n) is 5.52. The van der Waals surface area contributed by atoms with Gasteiger partial charge >= 0.3 is 0 Å². The summed E-state index contributed by atoms with van der Waals surface area (Å²) in [4.78, 5) is 25.7. The van der Waals surface area contributed by atoms with E-state index in [4.69, 9.17) is 10.5 Å². The Balaban J connectivity index is 2.03. The van der Waals surface area contributed by atoms with E-state index in [2.05, 4.69) is 10.6 Å². The SMILES string of the molecule is CSc1ccc(OC(C)C(=O)Nc2ccccc2C(=O)NCCN)cc1. The Bertz CT molecular complexity index is 750. The highest BCUT2D eigenvalue weighted by atomic mass is 32.2. The normalized spacial score (nSPS) is 11.5. The molecule has 2 aromatic carbocycles. The molecular formula is C19H23N3O3S. The fraction of sp³-hybridized carbons (Fsp3) is 0.263. The summed E-state index contributed by atoms with van der Waals surface area (Å²) in [5, 5.41) is 5.44. The maximum absolute atomic E-state index is 12.4. The van der Waals surface area contributed by atoms with Crippen LogP contribution in [0.2, 0.25) is 0 Å². The maximum atomic E-state index is 12.4. The number of ether oxygens (including phenoxy) is 1. The van der Waals surface area contributed by atoms with Gasteiger partial charge in [-0.2, -0.15) is 0 Å². The first-order valence-electron chi connectivity index (χ1n) is 8.24. The van der Waals surface area contributed by atoms with E-state index in [-0.39, 0.29) is 11.8 Å². The van der Waals surface area contributed by atoms with Gasteiger partial charge < -0.3 is 21.1 Å². The number of nitrogens with two attached hydrogens (primary N) is 1. The Labute approximate surface area is 157 Å². The average molecular weight is 373 g/mol. The average Bonchev–Trinajstić information content (AvgIpc) is 2.67. The lowest BCUT2D eigenvalue weighted by Gasteiger charge is -2.16. The van der Waals surface area contributed by atoms with Gasteiger partial charge in [0.05, 0.1) is 11.3 Å². The van der Waals surface area contributed by atoms with Gasteiger partial charge in [-0.25, -0.2) is 0 Å². The maximum Gasteiger partial charge on any atom is 0.265 e. The van der Waals surface area contributed by atoms with Crippen molar-refractivity contribution in [2.75, 3.05) is 24.7 Å². The number of benzene rings is 2. The first-order valence-corrected chi connectivity index (χ1v) is 9.46. The first kappa shape index (κ1) is 19.8. The summed E-state index contributed by atoms with van der Waals surface area (Å²) < 4.78 is 5.67. The minimum atomic E-state index is -0.713.